The standard InChI is InChI=1S/C49H70N5O16PS.C2H6/c1-27(2)15-32(17-45(63)46(50)30(5)59)47(64)54-41(26-72-25-31-11-7-6-8-12-31)44(62)20-37(29(4)58)49(66)52-39(16-33-21-51-38-14-10-9-13-36(33)38)42(60)18-34(22-55)48(65)53-40(23-56)43(61)19-35(28(3)57)24-70-71(67,68)69;1-2/h6-14,21,27,29-30,32,34-35,37,39-41,46,51,55-56,58-59H,15-20,22-26,50H2,1-5H3,(H,52,66)(H,53,65)(H,54,64)(H2,67,68,69);1-2H3/t29-,30-,32-,34+,35+,37+,39+,40+,41+,46+;/m1./s1. The van der Waals surface area contributed by atoms with E-state index in [2.05, 4.69) is 25.5 Å². The van der Waals surface area contributed by atoms with E-state index in [9.17, 15) is 63.3 Å². The highest BCUT2D eigenvalue weighted by Crippen LogP contribution is 2.36. The predicted octanol–water partition coefficient (Wildman–Crippen LogP) is 2.24. The summed E-state index contributed by atoms with van der Waals surface area (Å²) in [6, 6.07) is 10.8. The van der Waals surface area contributed by atoms with Crippen molar-refractivity contribution < 1.29 is 77.7 Å². The molecule has 0 spiro atoms. The molecule has 1 aromatic heterocycles. The van der Waals surface area contributed by atoms with Crippen molar-refractivity contribution in [2.45, 2.75) is 129 Å². The van der Waals surface area contributed by atoms with Crippen LogP contribution >= 0.6 is 19.6 Å². The van der Waals surface area contributed by atoms with Crippen LogP contribution < -0.4 is 21.7 Å². The molecule has 0 aliphatic rings. The third kappa shape index (κ3) is 22.1. The number of hydrogen-bond donors (Lipinski definition) is 11. The van der Waals surface area contributed by atoms with Gasteiger partial charge < -0.3 is 56.9 Å². The number of para-hydroxylation sites is 1. The lowest BCUT2D eigenvalue weighted by molar-refractivity contribution is -0.138. The van der Waals surface area contributed by atoms with Crippen molar-refractivity contribution in [2.75, 3.05) is 25.6 Å². The molecule has 12 N–H and O–H groups in total. The van der Waals surface area contributed by atoms with Crippen LogP contribution in [-0.2, 0) is 59.6 Å². The number of aliphatic hydroxyl groups excluding tert-OH is 4. The van der Waals surface area contributed by atoms with Crippen molar-refractivity contribution in [1.29, 1.82) is 0 Å². The molecule has 74 heavy (non-hydrogen) atoms. The number of H-pyrrole nitrogens is 1. The lowest BCUT2D eigenvalue weighted by Crippen LogP contribution is -2.51. The fourth-order valence-electron chi connectivity index (χ4n) is 7.79. The first kappa shape index (κ1) is 65.1. The summed E-state index contributed by atoms with van der Waals surface area (Å²) in [6.07, 6.45) is -3.35. The van der Waals surface area contributed by atoms with E-state index in [0.29, 0.717) is 22.2 Å². The maximum atomic E-state index is 14.3. The summed E-state index contributed by atoms with van der Waals surface area (Å²) >= 11 is 1.32. The molecule has 0 bridgehead atoms. The number of carbonyl (C=O) groups is 8. The van der Waals surface area contributed by atoms with E-state index >= 15 is 0 Å². The molecule has 1 heterocycles. The summed E-state index contributed by atoms with van der Waals surface area (Å²) in [5.74, 6) is -11.1. The van der Waals surface area contributed by atoms with Gasteiger partial charge in [0.2, 0.25) is 17.7 Å². The van der Waals surface area contributed by atoms with Gasteiger partial charge in [0.1, 0.15) is 11.8 Å². The second kappa shape index (κ2) is 32.4. The molecule has 0 aliphatic heterocycles. The van der Waals surface area contributed by atoms with Gasteiger partial charge in [0.15, 0.2) is 23.1 Å². The van der Waals surface area contributed by atoms with Crippen LogP contribution in [0.15, 0.2) is 60.8 Å². The quantitative estimate of drug-likeness (QED) is 0.0382. The number of hydrogen-bond acceptors (Lipinski definition) is 16. The van der Waals surface area contributed by atoms with Crippen molar-refractivity contribution in [3.63, 3.8) is 0 Å². The number of benzene rings is 2. The lowest BCUT2D eigenvalue weighted by Gasteiger charge is -2.27. The third-order valence-electron chi connectivity index (χ3n) is 12.1. The fraction of sp³-hybridized carbons (Fsp3) is 0.569. The van der Waals surface area contributed by atoms with Crippen molar-refractivity contribution in [3.05, 3.63) is 71.9 Å². The Hall–Kier alpha value is -5.00. The Labute approximate surface area is 436 Å². The van der Waals surface area contributed by atoms with Crippen LogP contribution in [0.3, 0.4) is 0 Å². The predicted molar refractivity (Wildman–Crippen MR) is 278 cm³/mol. The molecular formula is C51H76N5O16PS. The number of phosphoric acid groups is 1. The van der Waals surface area contributed by atoms with Gasteiger partial charge in [-0.2, -0.15) is 11.8 Å². The minimum absolute atomic E-state index is 0.0283. The molecule has 0 saturated heterocycles. The molecule has 412 valence electrons. The summed E-state index contributed by atoms with van der Waals surface area (Å²) in [6.45, 7) is 8.59. The maximum Gasteiger partial charge on any atom is 0.469 e. The summed E-state index contributed by atoms with van der Waals surface area (Å²) < 4.78 is 15.6. The maximum absolute atomic E-state index is 14.3. The molecule has 3 aromatic rings. The molecular weight excluding hydrogens is 1000 g/mol. The Bertz CT molecular complexity index is 2360. The van der Waals surface area contributed by atoms with Gasteiger partial charge in [-0.1, -0.05) is 76.2 Å². The first-order valence-electron chi connectivity index (χ1n) is 24.6. The Morgan fingerprint density at radius 2 is 1.23 bits per heavy atom. The summed E-state index contributed by atoms with van der Waals surface area (Å²) in [5.41, 5.74) is 8.07. The van der Waals surface area contributed by atoms with E-state index in [1.807, 2.05) is 58.0 Å². The molecule has 10 atom stereocenters. The number of carbonyl (C=O) groups excluding carboxylic acids is 8. The van der Waals surface area contributed by atoms with E-state index in [-0.39, 0.29) is 30.9 Å². The van der Waals surface area contributed by atoms with Crippen molar-refractivity contribution in [1.82, 2.24) is 20.9 Å². The Kier molecular flexibility index (Phi) is 28.5. The molecule has 0 aliphatic carbocycles. The second-order valence-corrected chi connectivity index (χ2v) is 20.8. The zero-order chi connectivity index (χ0) is 55.9. The van der Waals surface area contributed by atoms with Gasteiger partial charge in [0.25, 0.3) is 0 Å². The van der Waals surface area contributed by atoms with Crippen LogP contribution in [0.4, 0.5) is 0 Å². The van der Waals surface area contributed by atoms with Crippen LogP contribution in [0.1, 0.15) is 91.7 Å². The number of phosphoric ester groups is 1. The number of nitrogens with two attached hydrogens (primary N) is 1. The van der Waals surface area contributed by atoms with Crippen LogP contribution in [0.5, 0.6) is 0 Å². The number of amides is 3. The molecule has 23 heteroatoms. The fourth-order valence-corrected chi connectivity index (χ4v) is 9.22. The zero-order valence-corrected chi connectivity index (χ0v) is 44.8. The number of ketones is 5. The van der Waals surface area contributed by atoms with E-state index in [4.69, 9.17) is 15.5 Å². The highest BCUT2D eigenvalue weighted by atomic mass is 32.2. The molecule has 0 fully saturated rings. The zero-order valence-electron chi connectivity index (χ0n) is 43.1. The molecule has 3 amide bonds. The first-order valence-corrected chi connectivity index (χ1v) is 27.3. The summed E-state index contributed by atoms with van der Waals surface area (Å²) in [4.78, 5) is 130. The molecule has 21 nitrogen and oxygen atoms in total. The normalized spacial score (nSPS) is 15.7. The van der Waals surface area contributed by atoms with Crippen LogP contribution in [0.25, 0.3) is 10.9 Å². The average molecular weight is 1080 g/mol. The van der Waals surface area contributed by atoms with E-state index in [1.165, 1.54) is 25.6 Å². The SMILES string of the molecule is CC.CC(=O)[C@H](COP(=O)(O)O)CC(=O)[C@H](CO)NC(=O)[C@H](CO)CC(=O)[C@H](Cc1c[nH]c2ccccc12)NC(=O)[C@@H](CC(=O)[C@H](CSCc1ccccc1)NC(=O)[C@@H](CC(=O)[C@@H](N)[C@@H](C)O)CC(C)C)[C@@H](C)O. The number of Topliss-reactive ketones (excluding diaryl/α,β-unsaturated/α-hetero) is 5. The average Bonchev–Trinajstić information content (AvgIpc) is 3.76. The van der Waals surface area contributed by atoms with Gasteiger partial charge in [-0.15, -0.1) is 0 Å². The van der Waals surface area contributed by atoms with E-state index < -0.39 is 154 Å². The van der Waals surface area contributed by atoms with Crippen molar-refractivity contribution in [2.24, 2.45) is 35.3 Å². The number of aliphatic hydroxyl groups is 4. The van der Waals surface area contributed by atoms with Gasteiger partial charge in [-0.25, -0.2) is 4.57 Å². The molecule has 0 saturated carbocycles. The van der Waals surface area contributed by atoms with Crippen LogP contribution in [-0.4, -0.2) is 144 Å². The molecule has 0 radical (unpaired) electrons. The highest BCUT2D eigenvalue weighted by Gasteiger charge is 2.37. The van der Waals surface area contributed by atoms with Gasteiger partial charge in [0.05, 0.1) is 62.0 Å². The van der Waals surface area contributed by atoms with E-state index in [1.54, 1.807) is 30.5 Å². The number of thioether (sulfide) groups is 1. The number of aromatic amines is 1. The lowest BCUT2D eigenvalue weighted by atomic mass is 9.88. The number of rotatable bonds is 34. The minimum atomic E-state index is -5.02. The minimum Gasteiger partial charge on any atom is -0.396 e. The molecule has 2 aromatic carbocycles. The Balaban J connectivity index is 0.00000925. The third-order valence-corrected chi connectivity index (χ3v) is 13.7. The first-order chi connectivity index (χ1) is 34.8. The van der Waals surface area contributed by atoms with Gasteiger partial charge in [-0.05, 0) is 50.3 Å². The summed E-state index contributed by atoms with van der Waals surface area (Å²) in [7, 11) is -5.02. The smallest absolute Gasteiger partial charge is 0.396 e. The largest absolute Gasteiger partial charge is 0.469 e. The van der Waals surface area contributed by atoms with Crippen molar-refractivity contribution in [3.8, 4) is 0 Å². The van der Waals surface area contributed by atoms with Gasteiger partial charge in [-0.3, -0.25) is 42.9 Å². The molecule has 3 rings (SSSR count). The van der Waals surface area contributed by atoms with E-state index in [0.717, 1.165) is 12.5 Å². The van der Waals surface area contributed by atoms with Crippen molar-refractivity contribution >= 4 is 77.1 Å². The Morgan fingerprint density at radius 3 is 1.80 bits per heavy atom. The monoisotopic (exact) mass is 1080 g/mol. The topological polar surface area (TPSA) is 362 Å². The number of nitrogens with one attached hydrogen (secondary N) is 4. The van der Waals surface area contributed by atoms with Crippen LogP contribution in [0.2, 0.25) is 0 Å². The highest BCUT2D eigenvalue weighted by molar-refractivity contribution is 7.98. The van der Waals surface area contributed by atoms with Crippen LogP contribution in [0, 0.1) is 29.6 Å². The number of aromatic nitrogens is 1. The second-order valence-electron chi connectivity index (χ2n) is 18.5. The summed E-state index contributed by atoms with van der Waals surface area (Å²) in [5, 5.41) is 49.7. The molecule has 0 unspecified atom stereocenters. The number of fused-ring (bicyclic) bond motifs is 1. The Morgan fingerprint density at radius 1 is 0.689 bits per heavy atom. The van der Waals surface area contributed by atoms with Gasteiger partial charge >= 0.3 is 7.82 Å². The van der Waals surface area contributed by atoms with Gasteiger partial charge in [0, 0.05) is 72.5 Å².